The van der Waals surface area contributed by atoms with E-state index in [4.69, 9.17) is 10.2 Å². The molecule has 6 nitrogen and oxygen atoms in total. The van der Waals surface area contributed by atoms with Gasteiger partial charge in [-0.3, -0.25) is 4.79 Å². The lowest BCUT2D eigenvalue weighted by molar-refractivity contribution is -0.120. The highest BCUT2D eigenvalue weighted by Gasteiger charge is 2.25. The third-order valence-corrected chi connectivity index (χ3v) is 3.00. The number of benzene rings is 1. The highest BCUT2D eigenvalue weighted by atomic mass is 16.4. The number of hydrogen-bond acceptors (Lipinski definition) is 5. The van der Waals surface area contributed by atoms with Gasteiger partial charge >= 0.3 is 0 Å². The van der Waals surface area contributed by atoms with Crippen molar-refractivity contribution < 1.29 is 9.21 Å². The summed E-state index contributed by atoms with van der Waals surface area (Å²) in [5, 5.41) is 10.2. The Hall–Kier alpha value is -2.21. The van der Waals surface area contributed by atoms with Crippen molar-refractivity contribution in [1.82, 2.24) is 10.2 Å². The molecule has 6 heteroatoms. The minimum absolute atomic E-state index is 0.208. The van der Waals surface area contributed by atoms with Crippen LogP contribution in [-0.4, -0.2) is 21.6 Å². The summed E-state index contributed by atoms with van der Waals surface area (Å²) in [6.45, 7) is 3.58. The van der Waals surface area contributed by atoms with Crippen molar-refractivity contribution in [3.8, 4) is 11.5 Å². The summed E-state index contributed by atoms with van der Waals surface area (Å²) in [5.41, 5.74) is 6.47. The van der Waals surface area contributed by atoms with Crippen LogP contribution in [0.4, 0.5) is 5.69 Å². The van der Waals surface area contributed by atoms with Gasteiger partial charge in [-0.1, -0.05) is 6.92 Å². The summed E-state index contributed by atoms with van der Waals surface area (Å²) in [7, 11) is 0. The quantitative estimate of drug-likeness (QED) is 0.874. The summed E-state index contributed by atoms with van der Waals surface area (Å²) < 4.78 is 5.08. The second kappa shape index (κ2) is 5.19. The first-order valence-electron chi connectivity index (χ1n) is 6.00. The molecule has 0 spiro atoms. The Bertz CT molecular complexity index is 547. The minimum Gasteiger partial charge on any atom is -0.423 e. The van der Waals surface area contributed by atoms with Crippen LogP contribution in [0.15, 0.2) is 35.1 Å². The van der Waals surface area contributed by atoms with Gasteiger partial charge < -0.3 is 15.5 Å². The second-order valence-electron chi connectivity index (χ2n) is 4.55. The largest absolute Gasteiger partial charge is 0.423 e. The predicted octanol–water partition coefficient (Wildman–Crippen LogP) is 1.80. The Balaban J connectivity index is 2.10. The van der Waals surface area contributed by atoms with E-state index in [1.54, 1.807) is 31.2 Å². The lowest BCUT2D eigenvalue weighted by Gasteiger charge is -2.21. The average Bonchev–Trinajstić information content (AvgIpc) is 2.93. The van der Waals surface area contributed by atoms with Crippen molar-refractivity contribution >= 4 is 11.6 Å². The van der Waals surface area contributed by atoms with Crippen LogP contribution >= 0.6 is 0 Å². The summed E-state index contributed by atoms with van der Waals surface area (Å²) in [6, 6.07) is 7.12. The first-order valence-corrected chi connectivity index (χ1v) is 6.00. The molecule has 0 aliphatic rings. The number of amides is 1. The third-order valence-electron chi connectivity index (χ3n) is 3.00. The molecule has 0 bridgehead atoms. The van der Waals surface area contributed by atoms with Crippen LogP contribution in [0.25, 0.3) is 11.5 Å². The van der Waals surface area contributed by atoms with Gasteiger partial charge in [0.15, 0.2) is 0 Å². The summed E-state index contributed by atoms with van der Waals surface area (Å²) in [5.74, 6) is 0.232. The molecule has 2 aromatic rings. The molecule has 1 aromatic carbocycles. The molecule has 1 aromatic heterocycles. The molecule has 3 N–H and O–H groups in total. The van der Waals surface area contributed by atoms with Crippen molar-refractivity contribution in [2.24, 2.45) is 5.73 Å². The molecule has 0 saturated carbocycles. The molecule has 2 rings (SSSR count). The summed E-state index contributed by atoms with van der Waals surface area (Å²) >= 11 is 0. The maximum Gasteiger partial charge on any atom is 0.247 e. The van der Waals surface area contributed by atoms with Crippen LogP contribution in [0, 0.1) is 0 Å². The number of rotatable bonds is 4. The molecule has 1 unspecified atom stereocenters. The van der Waals surface area contributed by atoms with Crippen molar-refractivity contribution in [2.75, 3.05) is 5.32 Å². The lowest BCUT2D eigenvalue weighted by atomic mass is 9.99. The van der Waals surface area contributed by atoms with E-state index in [1.165, 1.54) is 6.39 Å². The van der Waals surface area contributed by atoms with Gasteiger partial charge in [0.05, 0.1) is 5.54 Å². The second-order valence-corrected chi connectivity index (χ2v) is 4.55. The Morgan fingerprint density at radius 2 is 2.11 bits per heavy atom. The van der Waals surface area contributed by atoms with Gasteiger partial charge in [0.25, 0.3) is 0 Å². The highest BCUT2D eigenvalue weighted by Crippen LogP contribution is 2.19. The van der Waals surface area contributed by atoms with Crippen molar-refractivity contribution in [3.63, 3.8) is 0 Å². The van der Waals surface area contributed by atoms with Crippen LogP contribution in [0.3, 0.4) is 0 Å². The van der Waals surface area contributed by atoms with Gasteiger partial charge in [0.1, 0.15) is 0 Å². The predicted molar refractivity (Wildman–Crippen MR) is 71.2 cm³/mol. The first-order chi connectivity index (χ1) is 9.03. The van der Waals surface area contributed by atoms with E-state index in [1.807, 2.05) is 6.92 Å². The van der Waals surface area contributed by atoms with Crippen molar-refractivity contribution in [2.45, 2.75) is 25.8 Å². The molecular formula is C13H16N4O2. The van der Waals surface area contributed by atoms with Crippen LogP contribution < -0.4 is 11.1 Å². The molecule has 1 amide bonds. The van der Waals surface area contributed by atoms with Crippen LogP contribution in [-0.2, 0) is 4.79 Å². The van der Waals surface area contributed by atoms with Crippen LogP contribution in [0.2, 0.25) is 0 Å². The molecule has 1 atom stereocenters. The zero-order valence-corrected chi connectivity index (χ0v) is 10.9. The van der Waals surface area contributed by atoms with E-state index in [0.717, 1.165) is 5.56 Å². The third kappa shape index (κ3) is 2.97. The zero-order chi connectivity index (χ0) is 13.9. The Kier molecular flexibility index (Phi) is 3.62. The number of nitrogens with zero attached hydrogens (tertiary/aromatic N) is 2. The standard InChI is InChI=1S/C13H16N4O2/c1-3-13(2,14)12(18)16-10-6-4-9(5-7-10)11-17-15-8-19-11/h4-8H,3,14H2,1-2H3,(H,16,18). The maximum absolute atomic E-state index is 11.9. The van der Waals surface area contributed by atoms with E-state index < -0.39 is 5.54 Å². The first kappa shape index (κ1) is 13.2. The van der Waals surface area contributed by atoms with Gasteiger partial charge in [-0.2, -0.15) is 0 Å². The molecule has 0 aliphatic heterocycles. The maximum atomic E-state index is 11.9. The van der Waals surface area contributed by atoms with Gasteiger partial charge in [-0.15, -0.1) is 10.2 Å². The van der Waals surface area contributed by atoms with E-state index in [0.29, 0.717) is 18.0 Å². The van der Waals surface area contributed by atoms with E-state index in [9.17, 15) is 4.79 Å². The Morgan fingerprint density at radius 1 is 1.42 bits per heavy atom. The van der Waals surface area contributed by atoms with Gasteiger partial charge in [-0.05, 0) is 37.6 Å². The number of aromatic nitrogens is 2. The summed E-state index contributed by atoms with van der Waals surface area (Å²) in [6.07, 6.45) is 1.84. The normalized spacial score (nSPS) is 13.8. The van der Waals surface area contributed by atoms with Crippen molar-refractivity contribution in [3.05, 3.63) is 30.7 Å². The molecule has 1 heterocycles. The topological polar surface area (TPSA) is 94.0 Å². The molecular weight excluding hydrogens is 244 g/mol. The van der Waals surface area contributed by atoms with Gasteiger partial charge in [0.2, 0.25) is 18.2 Å². The number of anilines is 1. The van der Waals surface area contributed by atoms with Crippen LogP contribution in [0.5, 0.6) is 0 Å². The number of carbonyl (C=O) groups excluding carboxylic acids is 1. The number of carbonyl (C=O) groups is 1. The summed E-state index contributed by atoms with van der Waals surface area (Å²) in [4.78, 5) is 11.9. The van der Waals surface area contributed by atoms with E-state index in [-0.39, 0.29) is 5.91 Å². The number of nitrogens with one attached hydrogen (secondary N) is 1. The fourth-order valence-corrected chi connectivity index (χ4v) is 1.43. The van der Waals surface area contributed by atoms with E-state index >= 15 is 0 Å². The van der Waals surface area contributed by atoms with Crippen molar-refractivity contribution in [1.29, 1.82) is 0 Å². The fourth-order valence-electron chi connectivity index (χ4n) is 1.43. The zero-order valence-electron chi connectivity index (χ0n) is 10.9. The SMILES string of the molecule is CCC(C)(N)C(=O)Nc1ccc(-c2nnco2)cc1. The molecule has 19 heavy (non-hydrogen) atoms. The van der Waals surface area contributed by atoms with Crippen LogP contribution in [0.1, 0.15) is 20.3 Å². The van der Waals surface area contributed by atoms with Gasteiger partial charge in [-0.25, -0.2) is 0 Å². The monoisotopic (exact) mass is 260 g/mol. The molecule has 0 saturated heterocycles. The fraction of sp³-hybridized carbons (Fsp3) is 0.308. The lowest BCUT2D eigenvalue weighted by Crippen LogP contribution is -2.47. The molecule has 0 radical (unpaired) electrons. The molecule has 0 fully saturated rings. The average molecular weight is 260 g/mol. The number of hydrogen-bond donors (Lipinski definition) is 2. The number of nitrogens with two attached hydrogens (primary N) is 1. The van der Waals surface area contributed by atoms with Gasteiger partial charge in [0, 0.05) is 11.3 Å². The Labute approximate surface area is 111 Å². The molecule has 100 valence electrons. The molecule has 0 aliphatic carbocycles. The smallest absolute Gasteiger partial charge is 0.247 e. The Morgan fingerprint density at radius 3 is 2.63 bits per heavy atom. The highest BCUT2D eigenvalue weighted by molar-refractivity contribution is 5.97. The van der Waals surface area contributed by atoms with E-state index in [2.05, 4.69) is 15.5 Å². The minimum atomic E-state index is -0.870.